The van der Waals surface area contributed by atoms with Crippen LogP contribution in [-0.2, 0) is 14.4 Å². The van der Waals surface area contributed by atoms with Crippen molar-refractivity contribution < 1.29 is 14.4 Å². The number of likely N-dealkylation sites (N-methyl/N-ethyl adjacent to an activating group) is 4. The predicted octanol–water partition coefficient (Wildman–Crippen LogP) is -2.79. The SMILES string of the molecule is CCN(CC)CNC(=O)C(CNC(=O)C(CNC)NC)CC(=O)NC(CNC)NC. The van der Waals surface area contributed by atoms with Gasteiger partial charge in [-0.15, -0.1) is 0 Å². The van der Waals surface area contributed by atoms with Crippen LogP contribution in [0, 0.1) is 5.92 Å². The van der Waals surface area contributed by atoms with Gasteiger partial charge >= 0.3 is 0 Å². The van der Waals surface area contributed by atoms with Gasteiger partial charge < -0.3 is 31.9 Å². The van der Waals surface area contributed by atoms with Gasteiger partial charge in [0.05, 0.1) is 24.8 Å². The van der Waals surface area contributed by atoms with E-state index in [0.717, 1.165) is 13.1 Å². The largest absolute Gasteiger partial charge is 0.354 e. The molecule has 0 bridgehead atoms. The van der Waals surface area contributed by atoms with Crippen molar-refractivity contribution in [1.29, 1.82) is 0 Å². The molecular formula is C19H42N8O3. The van der Waals surface area contributed by atoms with Gasteiger partial charge in [0.25, 0.3) is 0 Å². The van der Waals surface area contributed by atoms with Crippen molar-refractivity contribution in [3.63, 3.8) is 0 Å². The molecular weight excluding hydrogens is 388 g/mol. The van der Waals surface area contributed by atoms with Crippen LogP contribution in [0.2, 0.25) is 0 Å². The van der Waals surface area contributed by atoms with Gasteiger partial charge in [-0.1, -0.05) is 13.8 Å². The Hall–Kier alpha value is -1.79. The molecule has 7 N–H and O–H groups in total. The molecule has 0 aliphatic heterocycles. The van der Waals surface area contributed by atoms with Crippen LogP contribution in [0.5, 0.6) is 0 Å². The molecule has 0 heterocycles. The van der Waals surface area contributed by atoms with E-state index in [2.05, 4.69) is 42.1 Å². The monoisotopic (exact) mass is 430 g/mol. The minimum absolute atomic E-state index is 0.0253. The number of carbonyl (C=O) groups excluding carboxylic acids is 3. The van der Waals surface area contributed by atoms with Crippen LogP contribution in [0.15, 0.2) is 0 Å². The summed E-state index contributed by atoms with van der Waals surface area (Å²) in [6, 6.07) is -0.424. The van der Waals surface area contributed by atoms with Gasteiger partial charge in [-0.05, 0) is 41.3 Å². The van der Waals surface area contributed by atoms with E-state index in [4.69, 9.17) is 0 Å². The highest BCUT2D eigenvalue weighted by Gasteiger charge is 2.25. The van der Waals surface area contributed by atoms with Crippen molar-refractivity contribution in [3.8, 4) is 0 Å². The quantitative estimate of drug-likeness (QED) is 0.123. The molecule has 0 rings (SSSR count). The Labute approximate surface area is 180 Å². The third-order valence-electron chi connectivity index (χ3n) is 4.86. The minimum Gasteiger partial charge on any atom is -0.354 e. The van der Waals surface area contributed by atoms with Crippen LogP contribution in [0.4, 0.5) is 0 Å². The molecule has 3 unspecified atom stereocenters. The van der Waals surface area contributed by atoms with Gasteiger partial charge in [0, 0.05) is 26.1 Å². The summed E-state index contributed by atoms with van der Waals surface area (Å²) in [6.07, 6.45) is -0.275. The van der Waals surface area contributed by atoms with Crippen molar-refractivity contribution >= 4 is 17.7 Å². The molecule has 0 aromatic heterocycles. The Morgan fingerprint density at radius 2 is 1.43 bits per heavy atom. The van der Waals surface area contributed by atoms with Crippen LogP contribution in [-0.4, -0.2) is 102 Å². The second-order valence-corrected chi connectivity index (χ2v) is 7.01. The van der Waals surface area contributed by atoms with Gasteiger partial charge in [0.15, 0.2) is 0 Å². The lowest BCUT2D eigenvalue weighted by molar-refractivity contribution is -0.131. The highest BCUT2D eigenvalue weighted by Crippen LogP contribution is 2.04. The summed E-state index contributed by atoms with van der Waals surface area (Å²) < 4.78 is 0. The molecule has 0 aromatic rings. The molecule has 3 amide bonds. The zero-order chi connectivity index (χ0) is 22.9. The first-order valence-corrected chi connectivity index (χ1v) is 10.6. The highest BCUT2D eigenvalue weighted by molar-refractivity contribution is 5.87. The summed E-state index contributed by atoms with van der Waals surface area (Å²) in [6.45, 7) is 7.12. The summed E-state index contributed by atoms with van der Waals surface area (Å²) in [5, 5.41) is 20.4. The fourth-order valence-electron chi connectivity index (χ4n) is 2.82. The number of rotatable bonds is 17. The minimum atomic E-state index is -0.677. The first-order valence-electron chi connectivity index (χ1n) is 10.6. The molecule has 0 aliphatic carbocycles. The average molecular weight is 431 g/mol. The molecule has 0 saturated carbocycles. The summed E-state index contributed by atoms with van der Waals surface area (Å²) >= 11 is 0. The number of hydrogen-bond donors (Lipinski definition) is 7. The standard InChI is InChI=1S/C19H42N8O3/c1-7-27(8-2)13-25-18(29)14(9-17(28)26-16(23-6)12-21-4)10-24-19(30)15(22-5)11-20-3/h14-16,20-23H,7-13H2,1-6H3,(H,24,30)(H,25,29)(H,26,28). The first-order chi connectivity index (χ1) is 14.4. The molecule has 0 saturated heterocycles. The maximum Gasteiger partial charge on any atom is 0.238 e. The summed E-state index contributed by atoms with van der Waals surface area (Å²) in [7, 11) is 6.99. The van der Waals surface area contributed by atoms with Gasteiger partial charge in [0.2, 0.25) is 17.7 Å². The molecule has 176 valence electrons. The molecule has 11 heteroatoms. The van der Waals surface area contributed by atoms with Crippen LogP contribution < -0.4 is 37.2 Å². The average Bonchev–Trinajstić information content (AvgIpc) is 2.74. The van der Waals surface area contributed by atoms with Gasteiger partial charge in [-0.3, -0.25) is 24.6 Å². The fraction of sp³-hybridized carbons (Fsp3) is 0.842. The highest BCUT2D eigenvalue weighted by atomic mass is 16.2. The van der Waals surface area contributed by atoms with Crippen LogP contribution in [0.3, 0.4) is 0 Å². The van der Waals surface area contributed by atoms with Gasteiger partial charge in [0.1, 0.15) is 0 Å². The Kier molecular flexibility index (Phi) is 15.9. The Morgan fingerprint density at radius 1 is 0.800 bits per heavy atom. The number of hydrogen-bond acceptors (Lipinski definition) is 8. The fourth-order valence-corrected chi connectivity index (χ4v) is 2.82. The number of nitrogens with one attached hydrogen (secondary N) is 7. The predicted molar refractivity (Wildman–Crippen MR) is 119 cm³/mol. The third-order valence-corrected chi connectivity index (χ3v) is 4.86. The lowest BCUT2D eigenvalue weighted by Crippen LogP contribution is -2.52. The zero-order valence-electron chi connectivity index (χ0n) is 19.4. The van der Waals surface area contributed by atoms with Crippen molar-refractivity contribution in [2.24, 2.45) is 5.92 Å². The van der Waals surface area contributed by atoms with Crippen molar-refractivity contribution in [3.05, 3.63) is 0 Å². The Balaban J connectivity index is 5.03. The summed E-state index contributed by atoms with van der Waals surface area (Å²) in [4.78, 5) is 39.7. The molecule has 30 heavy (non-hydrogen) atoms. The number of amides is 3. The molecule has 0 radical (unpaired) electrons. The van der Waals surface area contributed by atoms with E-state index in [-0.39, 0.29) is 36.9 Å². The molecule has 0 fully saturated rings. The number of nitrogens with zero attached hydrogens (tertiary/aromatic N) is 1. The van der Waals surface area contributed by atoms with Crippen LogP contribution >= 0.6 is 0 Å². The van der Waals surface area contributed by atoms with E-state index in [1.807, 2.05) is 13.8 Å². The van der Waals surface area contributed by atoms with Gasteiger partial charge in [-0.2, -0.15) is 0 Å². The molecule has 0 aliphatic rings. The molecule has 0 spiro atoms. The van der Waals surface area contributed by atoms with E-state index in [1.54, 1.807) is 28.2 Å². The third kappa shape index (κ3) is 11.4. The van der Waals surface area contributed by atoms with Crippen molar-refractivity contribution in [1.82, 2.24) is 42.1 Å². The van der Waals surface area contributed by atoms with E-state index in [9.17, 15) is 14.4 Å². The summed E-state index contributed by atoms with van der Waals surface area (Å²) in [5.41, 5.74) is 0. The van der Waals surface area contributed by atoms with E-state index in [1.165, 1.54) is 0 Å². The normalized spacial score (nSPS) is 14.1. The maximum atomic E-state index is 12.7. The Bertz CT molecular complexity index is 502. The Morgan fingerprint density at radius 3 is 1.93 bits per heavy atom. The molecule has 0 aromatic carbocycles. The van der Waals surface area contributed by atoms with Crippen molar-refractivity contribution in [2.45, 2.75) is 32.5 Å². The zero-order valence-corrected chi connectivity index (χ0v) is 19.4. The lowest BCUT2D eigenvalue weighted by Gasteiger charge is -2.24. The van der Waals surface area contributed by atoms with Crippen LogP contribution in [0.1, 0.15) is 20.3 Å². The first kappa shape index (κ1) is 28.2. The van der Waals surface area contributed by atoms with E-state index < -0.39 is 12.0 Å². The lowest BCUT2D eigenvalue weighted by atomic mass is 10.0. The van der Waals surface area contributed by atoms with Gasteiger partial charge in [-0.25, -0.2) is 0 Å². The summed E-state index contributed by atoms with van der Waals surface area (Å²) in [5.74, 6) is -1.43. The topological polar surface area (TPSA) is 139 Å². The van der Waals surface area contributed by atoms with E-state index >= 15 is 0 Å². The second-order valence-electron chi connectivity index (χ2n) is 7.01. The molecule has 3 atom stereocenters. The van der Waals surface area contributed by atoms with E-state index in [0.29, 0.717) is 19.8 Å². The number of carbonyl (C=O) groups is 3. The van der Waals surface area contributed by atoms with Crippen LogP contribution in [0.25, 0.3) is 0 Å². The van der Waals surface area contributed by atoms with Crippen molar-refractivity contribution in [2.75, 3.05) is 67.6 Å². The molecule has 11 nitrogen and oxygen atoms in total. The second kappa shape index (κ2) is 16.9. The maximum absolute atomic E-state index is 12.7. The smallest absolute Gasteiger partial charge is 0.238 e.